The van der Waals surface area contributed by atoms with Gasteiger partial charge < -0.3 is 10.8 Å². The second kappa shape index (κ2) is 10.2. The van der Waals surface area contributed by atoms with E-state index in [1.807, 2.05) is 24.6 Å². The lowest BCUT2D eigenvalue weighted by atomic mass is 9.79. The summed E-state index contributed by atoms with van der Waals surface area (Å²) in [4.78, 5) is 4.08. The van der Waals surface area contributed by atoms with Gasteiger partial charge in [-0.1, -0.05) is 85.8 Å². The van der Waals surface area contributed by atoms with Crippen LogP contribution in [-0.4, -0.2) is 11.3 Å². The lowest BCUT2D eigenvalue weighted by molar-refractivity contribution is 0.469. The molecule has 3 heteroatoms. The lowest BCUT2D eigenvalue weighted by Gasteiger charge is -2.26. The SMILES string of the molecule is C1=Cc2ccccc2CC=N1.CC1CC(c2ccccc2)=c2ccc3c(c2C1)CC(N)=c1c(O)cccc1=3. The summed E-state index contributed by atoms with van der Waals surface area (Å²) >= 11 is 0. The van der Waals surface area contributed by atoms with Gasteiger partial charge in [-0.25, -0.2) is 0 Å². The molecule has 0 spiro atoms. The lowest BCUT2D eigenvalue weighted by Crippen LogP contribution is -2.28. The number of aliphatic imine (C=N–C) groups is 1. The molecule has 0 fully saturated rings. The van der Waals surface area contributed by atoms with Crippen molar-refractivity contribution in [3.05, 3.63) is 140 Å². The number of hydrogen-bond acceptors (Lipinski definition) is 3. The van der Waals surface area contributed by atoms with Crippen molar-refractivity contribution in [2.24, 2.45) is 16.6 Å². The molecule has 3 aliphatic rings. The van der Waals surface area contributed by atoms with Crippen molar-refractivity contribution < 1.29 is 5.11 Å². The van der Waals surface area contributed by atoms with Gasteiger partial charge in [0.2, 0.25) is 0 Å². The Bertz CT molecular complexity index is 1800. The minimum absolute atomic E-state index is 0.276. The maximum absolute atomic E-state index is 10.3. The third-order valence-electron chi connectivity index (χ3n) is 7.82. The molecule has 1 heterocycles. The molecule has 1 atom stereocenters. The zero-order valence-electron chi connectivity index (χ0n) is 21.7. The third kappa shape index (κ3) is 4.45. The summed E-state index contributed by atoms with van der Waals surface area (Å²) in [6, 6.07) is 29.3. The normalized spacial score (nSPS) is 16.8. The number of nitrogens with two attached hydrogens (primary N) is 1. The Morgan fingerprint density at radius 3 is 2.45 bits per heavy atom. The van der Waals surface area contributed by atoms with Crippen LogP contribution in [0.5, 0.6) is 5.75 Å². The molecule has 0 amide bonds. The van der Waals surface area contributed by atoms with E-state index in [9.17, 15) is 5.11 Å². The number of fused-ring (bicyclic) bond motifs is 5. The van der Waals surface area contributed by atoms with Crippen LogP contribution in [0, 0.1) is 16.4 Å². The Kier molecular flexibility index (Phi) is 6.43. The van der Waals surface area contributed by atoms with Crippen molar-refractivity contribution in [3.63, 3.8) is 0 Å². The summed E-state index contributed by atoms with van der Waals surface area (Å²) in [6.45, 7) is 2.33. The van der Waals surface area contributed by atoms with Crippen molar-refractivity contribution >= 4 is 23.6 Å². The van der Waals surface area contributed by atoms with Gasteiger partial charge in [-0.05, 0) is 79.9 Å². The van der Waals surface area contributed by atoms with E-state index < -0.39 is 0 Å². The molecular formula is C35H32N2O. The van der Waals surface area contributed by atoms with Gasteiger partial charge in [0.25, 0.3) is 0 Å². The van der Waals surface area contributed by atoms with Gasteiger partial charge in [0.1, 0.15) is 5.75 Å². The van der Waals surface area contributed by atoms with Crippen LogP contribution in [0.4, 0.5) is 0 Å². The Balaban J connectivity index is 0.000000200. The van der Waals surface area contributed by atoms with Gasteiger partial charge in [-0.2, -0.15) is 0 Å². The van der Waals surface area contributed by atoms with E-state index in [2.05, 4.69) is 84.7 Å². The number of aromatic hydroxyl groups is 1. The molecular weight excluding hydrogens is 464 g/mol. The smallest absolute Gasteiger partial charge is 0.125 e. The zero-order chi connectivity index (χ0) is 26.1. The maximum atomic E-state index is 10.3. The van der Waals surface area contributed by atoms with Gasteiger partial charge in [0.05, 0.1) is 0 Å². The van der Waals surface area contributed by atoms with E-state index in [-0.39, 0.29) is 5.75 Å². The monoisotopic (exact) mass is 496 g/mol. The molecule has 3 N–H and O–H groups in total. The van der Waals surface area contributed by atoms with Crippen LogP contribution in [0.15, 0.2) is 96.1 Å². The van der Waals surface area contributed by atoms with E-state index >= 15 is 0 Å². The highest BCUT2D eigenvalue weighted by atomic mass is 16.3. The summed E-state index contributed by atoms with van der Waals surface area (Å²) in [5.74, 6) is 0.879. The average Bonchev–Trinajstić information content (AvgIpc) is 3.19. The van der Waals surface area contributed by atoms with Crippen molar-refractivity contribution in [2.75, 3.05) is 0 Å². The second-order valence-electron chi connectivity index (χ2n) is 10.4. The minimum atomic E-state index is 0.276. The van der Waals surface area contributed by atoms with E-state index in [1.165, 1.54) is 43.8 Å². The fraction of sp³-hybridized carbons (Fsp3) is 0.171. The predicted octanol–water partition coefficient (Wildman–Crippen LogP) is 5.37. The number of nitrogens with zero attached hydrogens (tertiary/aromatic N) is 1. The van der Waals surface area contributed by atoms with Crippen LogP contribution >= 0.6 is 0 Å². The number of rotatable bonds is 1. The quantitative estimate of drug-likeness (QED) is 0.372. The molecule has 4 aromatic rings. The molecule has 0 bridgehead atoms. The van der Waals surface area contributed by atoms with Crippen molar-refractivity contribution in [2.45, 2.75) is 32.6 Å². The standard InChI is InChI=1S/C25H23NO.C10H9N/c1-15-12-20(16-6-3-2-4-7-16)18-11-10-17-19-8-5-9-24(27)25(19)23(26)14-22(17)21(18)13-15;1-2-4-10-6-8-11-7-5-9(10)3-1/h2-11,15,27H,12-14,26H2,1H3;1-5,7-8H,6H2. The average molecular weight is 497 g/mol. The molecule has 2 aliphatic carbocycles. The van der Waals surface area contributed by atoms with E-state index in [0.717, 1.165) is 35.4 Å². The fourth-order valence-corrected chi connectivity index (χ4v) is 6.05. The first-order chi connectivity index (χ1) is 18.6. The number of phenols is 1. The predicted molar refractivity (Wildman–Crippen MR) is 157 cm³/mol. The summed E-state index contributed by atoms with van der Waals surface area (Å²) in [7, 11) is 0. The van der Waals surface area contributed by atoms with Gasteiger partial charge in [-0.3, -0.25) is 4.99 Å². The minimum Gasteiger partial charge on any atom is -0.507 e. The van der Waals surface area contributed by atoms with Crippen molar-refractivity contribution in [1.82, 2.24) is 0 Å². The van der Waals surface area contributed by atoms with Crippen LogP contribution in [0.3, 0.4) is 0 Å². The molecule has 3 nitrogen and oxygen atoms in total. The first kappa shape index (κ1) is 24.0. The number of phenolic OH excluding ortho intramolecular Hbond substituents is 1. The molecule has 4 aromatic carbocycles. The zero-order valence-corrected chi connectivity index (χ0v) is 21.7. The Hall–Kier alpha value is -4.37. The number of benzene rings is 4. The first-order valence-corrected chi connectivity index (χ1v) is 13.4. The molecule has 0 saturated carbocycles. The Morgan fingerprint density at radius 2 is 1.58 bits per heavy atom. The van der Waals surface area contributed by atoms with Gasteiger partial charge in [-0.15, -0.1) is 0 Å². The van der Waals surface area contributed by atoms with Crippen LogP contribution in [0.25, 0.3) is 17.3 Å². The summed E-state index contributed by atoms with van der Waals surface area (Å²) < 4.78 is 0. The number of hydrogen-bond donors (Lipinski definition) is 2. The van der Waals surface area contributed by atoms with Crippen LogP contribution < -0.4 is 16.2 Å². The molecule has 1 unspecified atom stereocenters. The molecule has 0 radical (unpaired) electrons. The summed E-state index contributed by atoms with van der Waals surface area (Å²) in [5, 5.41) is 14.8. The van der Waals surface area contributed by atoms with Crippen molar-refractivity contribution in [1.29, 1.82) is 0 Å². The Labute approximate surface area is 223 Å². The highest BCUT2D eigenvalue weighted by Gasteiger charge is 2.22. The van der Waals surface area contributed by atoms with Gasteiger partial charge in [0.15, 0.2) is 0 Å². The molecule has 188 valence electrons. The molecule has 0 aromatic heterocycles. The van der Waals surface area contributed by atoms with Gasteiger partial charge in [0, 0.05) is 36.2 Å². The maximum Gasteiger partial charge on any atom is 0.125 e. The second-order valence-corrected chi connectivity index (χ2v) is 10.4. The van der Waals surface area contributed by atoms with E-state index in [4.69, 9.17) is 5.73 Å². The topological polar surface area (TPSA) is 58.6 Å². The van der Waals surface area contributed by atoms with Crippen molar-refractivity contribution in [3.8, 4) is 5.75 Å². The third-order valence-corrected chi connectivity index (χ3v) is 7.82. The summed E-state index contributed by atoms with van der Waals surface area (Å²) in [6.07, 6.45) is 9.65. The van der Waals surface area contributed by atoms with Crippen LogP contribution in [0.1, 0.15) is 41.2 Å². The summed E-state index contributed by atoms with van der Waals surface area (Å²) in [5.41, 5.74) is 15.3. The molecule has 1 aliphatic heterocycles. The first-order valence-electron chi connectivity index (χ1n) is 13.4. The fourth-order valence-electron chi connectivity index (χ4n) is 6.05. The van der Waals surface area contributed by atoms with Crippen LogP contribution in [0.2, 0.25) is 0 Å². The molecule has 38 heavy (non-hydrogen) atoms. The largest absolute Gasteiger partial charge is 0.507 e. The molecule has 7 rings (SSSR count). The van der Waals surface area contributed by atoms with Crippen LogP contribution in [-0.2, 0) is 19.3 Å². The Morgan fingerprint density at radius 1 is 0.789 bits per heavy atom. The van der Waals surface area contributed by atoms with E-state index in [0.29, 0.717) is 12.3 Å². The van der Waals surface area contributed by atoms with E-state index in [1.54, 1.807) is 6.07 Å². The molecule has 0 saturated heterocycles. The van der Waals surface area contributed by atoms with Gasteiger partial charge >= 0.3 is 0 Å². The highest BCUT2D eigenvalue weighted by Crippen LogP contribution is 2.29. The highest BCUT2D eigenvalue weighted by molar-refractivity contribution is 5.70.